The lowest BCUT2D eigenvalue weighted by molar-refractivity contribution is -0.129. The second kappa shape index (κ2) is 12.0. The minimum atomic E-state index is -0.565. The molecular formula is C27H34N2O4. The lowest BCUT2D eigenvalue weighted by atomic mass is 9.89. The number of hydrogen-bond donors (Lipinski definition) is 1. The third-order valence-electron chi connectivity index (χ3n) is 6.41. The largest absolute Gasteiger partial charge is 0.490 e. The highest BCUT2D eigenvalue weighted by atomic mass is 16.5. The maximum Gasteiger partial charge on any atom is 0.246 e. The van der Waals surface area contributed by atoms with E-state index in [1.807, 2.05) is 24.3 Å². The molecule has 0 radical (unpaired) electrons. The first kappa shape index (κ1) is 23.5. The lowest BCUT2D eigenvalue weighted by Gasteiger charge is -2.33. The van der Waals surface area contributed by atoms with Gasteiger partial charge in [0.1, 0.15) is 18.5 Å². The third-order valence-corrected chi connectivity index (χ3v) is 6.41. The number of hydrogen-bond acceptors (Lipinski definition) is 5. The van der Waals surface area contributed by atoms with Gasteiger partial charge in [-0.25, -0.2) is 0 Å². The Bertz CT molecular complexity index is 903. The number of carbonyl (C=O) groups is 1. The predicted molar refractivity (Wildman–Crippen MR) is 129 cm³/mol. The first-order valence-electron chi connectivity index (χ1n) is 11.9. The second-order valence-corrected chi connectivity index (χ2v) is 8.76. The lowest BCUT2D eigenvalue weighted by Crippen LogP contribution is -2.40. The van der Waals surface area contributed by atoms with Gasteiger partial charge in [-0.3, -0.25) is 4.79 Å². The first-order chi connectivity index (χ1) is 16.2. The average Bonchev–Trinajstić information content (AvgIpc) is 2.88. The van der Waals surface area contributed by atoms with E-state index in [9.17, 15) is 9.90 Å². The Morgan fingerprint density at radius 1 is 1.03 bits per heavy atom. The van der Waals surface area contributed by atoms with E-state index in [2.05, 4.69) is 35.2 Å². The molecule has 6 nitrogen and oxygen atoms in total. The number of likely N-dealkylation sites (tertiary alicyclic amines) is 1. The van der Waals surface area contributed by atoms with Gasteiger partial charge in [0.15, 0.2) is 0 Å². The van der Waals surface area contributed by atoms with Crippen molar-refractivity contribution in [2.45, 2.75) is 24.9 Å². The van der Waals surface area contributed by atoms with Crippen LogP contribution in [0.25, 0.3) is 6.08 Å². The Kier molecular flexibility index (Phi) is 8.53. The van der Waals surface area contributed by atoms with Crippen molar-refractivity contribution >= 4 is 12.0 Å². The summed E-state index contributed by atoms with van der Waals surface area (Å²) in [4.78, 5) is 16.5. The summed E-state index contributed by atoms with van der Waals surface area (Å²) in [6.07, 6.45) is 5.03. The number of benzene rings is 2. The molecule has 0 aromatic heterocycles. The number of carbonyl (C=O) groups excluding carboxylic acids is 1. The van der Waals surface area contributed by atoms with Crippen molar-refractivity contribution in [3.8, 4) is 5.75 Å². The molecule has 33 heavy (non-hydrogen) atoms. The zero-order valence-electron chi connectivity index (χ0n) is 19.1. The highest BCUT2D eigenvalue weighted by Crippen LogP contribution is 2.28. The average molecular weight is 451 g/mol. The molecule has 2 saturated heterocycles. The smallest absolute Gasteiger partial charge is 0.246 e. The number of rotatable bonds is 8. The molecule has 2 aromatic carbocycles. The number of amides is 1. The molecule has 0 aliphatic carbocycles. The fraction of sp³-hybridized carbons (Fsp3) is 0.444. The van der Waals surface area contributed by atoms with Crippen LogP contribution >= 0.6 is 0 Å². The summed E-state index contributed by atoms with van der Waals surface area (Å²) in [6, 6.07) is 18.3. The maximum atomic E-state index is 12.4. The van der Waals surface area contributed by atoms with Gasteiger partial charge in [0.25, 0.3) is 0 Å². The predicted octanol–water partition coefficient (Wildman–Crippen LogP) is 3.18. The molecule has 0 spiro atoms. The SMILES string of the molecule is O=C(C=Cc1ccccc1OCC(O)CN1CCC(c2ccccc2)CC1)N1CCOCC1. The number of piperidine rings is 1. The van der Waals surface area contributed by atoms with Crippen molar-refractivity contribution in [3.63, 3.8) is 0 Å². The summed E-state index contributed by atoms with van der Waals surface area (Å²) in [7, 11) is 0. The van der Waals surface area contributed by atoms with E-state index < -0.39 is 6.10 Å². The summed E-state index contributed by atoms with van der Waals surface area (Å²) >= 11 is 0. The third kappa shape index (κ3) is 6.90. The topological polar surface area (TPSA) is 62.2 Å². The fourth-order valence-electron chi connectivity index (χ4n) is 4.51. The first-order valence-corrected chi connectivity index (χ1v) is 11.9. The van der Waals surface area contributed by atoms with Gasteiger partial charge in [-0.15, -0.1) is 0 Å². The molecular weight excluding hydrogens is 416 g/mol. The molecule has 0 saturated carbocycles. The summed E-state index contributed by atoms with van der Waals surface area (Å²) < 4.78 is 11.2. The number of morpholine rings is 1. The minimum absolute atomic E-state index is 0.0213. The van der Waals surface area contributed by atoms with Crippen LogP contribution in [-0.2, 0) is 9.53 Å². The summed E-state index contributed by atoms with van der Waals surface area (Å²) in [5.74, 6) is 1.26. The Morgan fingerprint density at radius 3 is 2.48 bits per heavy atom. The van der Waals surface area contributed by atoms with Gasteiger partial charge < -0.3 is 24.4 Å². The summed E-state index contributed by atoms with van der Waals surface area (Å²) in [5, 5.41) is 10.6. The van der Waals surface area contributed by atoms with Crippen molar-refractivity contribution < 1.29 is 19.4 Å². The van der Waals surface area contributed by atoms with E-state index in [0.29, 0.717) is 44.5 Å². The zero-order valence-corrected chi connectivity index (χ0v) is 19.1. The van der Waals surface area contributed by atoms with Crippen LogP contribution in [-0.4, -0.2) is 79.5 Å². The molecule has 6 heteroatoms. The van der Waals surface area contributed by atoms with Gasteiger partial charge in [0.2, 0.25) is 5.91 Å². The van der Waals surface area contributed by atoms with Crippen LogP contribution in [0.5, 0.6) is 5.75 Å². The molecule has 2 aromatic rings. The van der Waals surface area contributed by atoms with Gasteiger partial charge in [0, 0.05) is 31.3 Å². The molecule has 2 heterocycles. The van der Waals surface area contributed by atoms with Crippen LogP contribution in [0.1, 0.15) is 29.9 Å². The minimum Gasteiger partial charge on any atom is -0.490 e. The molecule has 176 valence electrons. The van der Waals surface area contributed by atoms with Gasteiger partial charge in [-0.2, -0.15) is 0 Å². The van der Waals surface area contributed by atoms with E-state index in [4.69, 9.17) is 9.47 Å². The second-order valence-electron chi connectivity index (χ2n) is 8.76. The molecule has 4 rings (SSSR count). The molecule has 2 fully saturated rings. The van der Waals surface area contributed by atoms with E-state index in [1.165, 1.54) is 5.56 Å². The molecule has 1 N–H and O–H groups in total. The van der Waals surface area contributed by atoms with E-state index in [0.717, 1.165) is 31.5 Å². The van der Waals surface area contributed by atoms with E-state index in [1.54, 1.807) is 17.1 Å². The van der Waals surface area contributed by atoms with Crippen LogP contribution < -0.4 is 4.74 Å². The number of para-hydroxylation sites is 1. The van der Waals surface area contributed by atoms with E-state index in [-0.39, 0.29) is 12.5 Å². The molecule has 0 bridgehead atoms. The van der Waals surface area contributed by atoms with Gasteiger partial charge >= 0.3 is 0 Å². The van der Waals surface area contributed by atoms with Crippen LogP contribution in [0, 0.1) is 0 Å². The number of aliphatic hydroxyl groups is 1. The van der Waals surface area contributed by atoms with Gasteiger partial charge in [-0.1, -0.05) is 48.5 Å². The highest BCUT2D eigenvalue weighted by molar-refractivity contribution is 5.92. The van der Waals surface area contributed by atoms with Gasteiger partial charge in [-0.05, 0) is 49.6 Å². The zero-order chi connectivity index (χ0) is 22.9. The molecule has 2 aliphatic rings. The monoisotopic (exact) mass is 450 g/mol. The molecule has 1 amide bonds. The molecule has 1 unspecified atom stereocenters. The Balaban J connectivity index is 1.24. The maximum absolute atomic E-state index is 12.4. The standard InChI is InChI=1S/C27H34N2O4/c30-25(20-28-14-12-23(13-15-28)22-6-2-1-3-7-22)21-33-26-9-5-4-8-24(26)10-11-27(31)29-16-18-32-19-17-29/h1-11,23,25,30H,12-21H2. The summed E-state index contributed by atoms with van der Waals surface area (Å²) in [5.41, 5.74) is 2.24. The van der Waals surface area contributed by atoms with E-state index >= 15 is 0 Å². The van der Waals surface area contributed by atoms with Crippen LogP contribution in [0.4, 0.5) is 0 Å². The fourth-order valence-corrected chi connectivity index (χ4v) is 4.51. The quantitative estimate of drug-likeness (QED) is 0.626. The Labute approximate surface area is 196 Å². The molecule has 2 aliphatic heterocycles. The number of ether oxygens (including phenoxy) is 2. The van der Waals surface area contributed by atoms with Crippen LogP contribution in [0.2, 0.25) is 0 Å². The van der Waals surface area contributed by atoms with Crippen molar-refractivity contribution in [1.29, 1.82) is 0 Å². The van der Waals surface area contributed by atoms with Crippen molar-refractivity contribution in [3.05, 3.63) is 71.8 Å². The van der Waals surface area contributed by atoms with Crippen molar-refractivity contribution in [2.75, 3.05) is 52.5 Å². The number of nitrogens with zero attached hydrogens (tertiary/aromatic N) is 2. The normalized spacial score (nSPS) is 19.0. The van der Waals surface area contributed by atoms with Crippen molar-refractivity contribution in [1.82, 2.24) is 9.80 Å². The summed E-state index contributed by atoms with van der Waals surface area (Å²) in [6.45, 7) is 5.21. The van der Waals surface area contributed by atoms with Crippen LogP contribution in [0.3, 0.4) is 0 Å². The Hall–Kier alpha value is -2.67. The highest BCUT2D eigenvalue weighted by Gasteiger charge is 2.22. The number of aliphatic hydroxyl groups excluding tert-OH is 1. The number of β-amino-alcohol motifs (C(OH)–C–C–N with tert-alkyl or cyclic N) is 1. The van der Waals surface area contributed by atoms with Crippen LogP contribution in [0.15, 0.2) is 60.7 Å². The Morgan fingerprint density at radius 2 is 1.73 bits per heavy atom. The molecule has 1 atom stereocenters. The van der Waals surface area contributed by atoms with Gasteiger partial charge in [0.05, 0.1) is 13.2 Å². The van der Waals surface area contributed by atoms with Crippen molar-refractivity contribution in [2.24, 2.45) is 0 Å².